The van der Waals surface area contributed by atoms with E-state index < -0.39 is 43.4 Å². The lowest BCUT2D eigenvalue weighted by Crippen LogP contribution is -2.60. The number of hydrogen-bond donors (Lipinski definition) is 5. The molecule has 1 aliphatic rings. The quantitative estimate of drug-likeness (QED) is 0.418. The monoisotopic (exact) mass is 329 g/mol. The molecule has 0 bridgehead atoms. The molecule has 0 radical (unpaired) electrons. The Labute approximate surface area is 132 Å². The molecule has 128 valence electrons. The number of hydroxylamine groups is 1. The van der Waals surface area contributed by atoms with E-state index in [9.17, 15) is 20.1 Å². The summed E-state index contributed by atoms with van der Waals surface area (Å²) >= 11 is 0. The largest absolute Gasteiger partial charge is 0.443 e. The normalized spacial score (nSPS) is 30.7. The van der Waals surface area contributed by atoms with Crippen LogP contribution in [0.15, 0.2) is 30.3 Å². The number of aliphatic hydroxyl groups is 4. The Morgan fingerprint density at radius 1 is 1.13 bits per heavy atom. The summed E-state index contributed by atoms with van der Waals surface area (Å²) in [5.41, 5.74) is 2.69. The lowest BCUT2D eigenvalue weighted by molar-refractivity contribution is -0.312. The zero-order valence-electron chi connectivity index (χ0n) is 12.1. The molecule has 9 nitrogen and oxygen atoms in total. The highest BCUT2D eigenvalue weighted by atomic mass is 16.8. The summed E-state index contributed by atoms with van der Waals surface area (Å²) < 4.78 is 9.92. The summed E-state index contributed by atoms with van der Waals surface area (Å²) in [6.45, 7) is -0.575. The third-order valence-corrected chi connectivity index (χ3v) is 3.32. The highest BCUT2D eigenvalue weighted by Crippen LogP contribution is 2.21. The molecule has 0 saturated carbocycles. The fourth-order valence-corrected chi connectivity index (χ4v) is 2.02. The van der Waals surface area contributed by atoms with Crippen LogP contribution in [-0.2, 0) is 20.9 Å². The van der Waals surface area contributed by atoms with Gasteiger partial charge in [-0.25, -0.2) is 9.63 Å². The molecule has 1 heterocycles. The van der Waals surface area contributed by atoms with Gasteiger partial charge in [0, 0.05) is 0 Å². The molecule has 0 aromatic heterocycles. The van der Waals surface area contributed by atoms with Crippen LogP contribution in [0.4, 0.5) is 4.79 Å². The summed E-state index contributed by atoms with van der Waals surface area (Å²) in [7, 11) is 0. The summed E-state index contributed by atoms with van der Waals surface area (Å²) in [5.74, 6) is 0. The van der Waals surface area contributed by atoms with E-state index >= 15 is 0 Å². The third kappa shape index (κ3) is 4.61. The SMILES string of the molecule is O=C(NO[C@H]1O[C@H](CO)[C@@H](O)[C@H](O)[C@H]1O)OCc1ccccc1. The molecule has 2 rings (SSSR count). The van der Waals surface area contributed by atoms with Crippen molar-refractivity contribution in [3.05, 3.63) is 35.9 Å². The van der Waals surface area contributed by atoms with E-state index in [0.29, 0.717) is 0 Å². The van der Waals surface area contributed by atoms with Crippen LogP contribution in [0.2, 0.25) is 0 Å². The number of carbonyl (C=O) groups is 1. The van der Waals surface area contributed by atoms with Crippen LogP contribution in [0.25, 0.3) is 0 Å². The van der Waals surface area contributed by atoms with Crippen molar-refractivity contribution in [1.82, 2.24) is 5.48 Å². The van der Waals surface area contributed by atoms with Gasteiger partial charge in [0.25, 0.3) is 0 Å². The van der Waals surface area contributed by atoms with Gasteiger partial charge in [-0.05, 0) is 5.56 Å². The van der Waals surface area contributed by atoms with Crippen molar-refractivity contribution >= 4 is 6.09 Å². The Morgan fingerprint density at radius 2 is 1.83 bits per heavy atom. The van der Waals surface area contributed by atoms with E-state index in [4.69, 9.17) is 19.4 Å². The average Bonchev–Trinajstić information content (AvgIpc) is 2.58. The second-order valence-electron chi connectivity index (χ2n) is 4.98. The summed E-state index contributed by atoms with van der Waals surface area (Å²) in [6.07, 6.45) is -8.21. The maximum absolute atomic E-state index is 11.5. The summed E-state index contributed by atoms with van der Waals surface area (Å²) in [4.78, 5) is 16.3. The van der Waals surface area contributed by atoms with Gasteiger partial charge in [0.2, 0.25) is 6.29 Å². The van der Waals surface area contributed by atoms with Crippen molar-refractivity contribution in [2.45, 2.75) is 37.3 Å². The molecule has 9 heteroatoms. The minimum Gasteiger partial charge on any atom is -0.443 e. The van der Waals surface area contributed by atoms with Crippen molar-refractivity contribution in [1.29, 1.82) is 0 Å². The second kappa shape index (κ2) is 8.20. The average molecular weight is 329 g/mol. The van der Waals surface area contributed by atoms with Crippen molar-refractivity contribution in [2.75, 3.05) is 6.61 Å². The van der Waals surface area contributed by atoms with Gasteiger partial charge in [-0.3, -0.25) is 0 Å². The number of hydrogen-bond acceptors (Lipinski definition) is 8. The van der Waals surface area contributed by atoms with Crippen LogP contribution in [0, 0.1) is 0 Å². The number of benzene rings is 1. The minimum atomic E-state index is -1.61. The molecule has 1 fully saturated rings. The summed E-state index contributed by atoms with van der Waals surface area (Å²) in [5, 5.41) is 37.9. The van der Waals surface area contributed by atoms with Crippen molar-refractivity contribution in [3.8, 4) is 0 Å². The van der Waals surface area contributed by atoms with Crippen LogP contribution >= 0.6 is 0 Å². The third-order valence-electron chi connectivity index (χ3n) is 3.32. The zero-order chi connectivity index (χ0) is 16.8. The molecule has 1 amide bonds. The maximum Gasteiger partial charge on any atom is 0.431 e. The molecular formula is C14H19NO8. The van der Waals surface area contributed by atoms with Gasteiger partial charge in [0.1, 0.15) is 31.0 Å². The van der Waals surface area contributed by atoms with Gasteiger partial charge in [0.15, 0.2) is 0 Å². The predicted octanol–water partition coefficient (Wildman–Crippen LogP) is -1.36. The first kappa shape index (κ1) is 17.6. The Bertz CT molecular complexity index is 497. The number of carbonyl (C=O) groups excluding carboxylic acids is 1. The maximum atomic E-state index is 11.5. The molecule has 1 saturated heterocycles. The predicted molar refractivity (Wildman–Crippen MR) is 74.6 cm³/mol. The van der Waals surface area contributed by atoms with E-state index in [1.54, 1.807) is 24.3 Å². The first-order valence-corrected chi connectivity index (χ1v) is 6.95. The van der Waals surface area contributed by atoms with Crippen LogP contribution in [-0.4, -0.2) is 63.8 Å². The lowest BCUT2D eigenvalue weighted by Gasteiger charge is -2.38. The Hall–Kier alpha value is -1.75. The van der Waals surface area contributed by atoms with Gasteiger partial charge in [0.05, 0.1) is 6.61 Å². The van der Waals surface area contributed by atoms with Crippen LogP contribution in [0.1, 0.15) is 5.56 Å². The lowest BCUT2D eigenvalue weighted by atomic mass is 9.99. The van der Waals surface area contributed by atoms with E-state index in [0.717, 1.165) is 5.56 Å². The van der Waals surface area contributed by atoms with E-state index in [1.165, 1.54) is 0 Å². The van der Waals surface area contributed by atoms with Crippen molar-refractivity contribution in [3.63, 3.8) is 0 Å². The van der Waals surface area contributed by atoms with Crippen molar-refractivity contribution in [2.24, 2.45) is 0 Å². The fourth-order valence-electron chi connectivity index (χ4n) is 2.02. The Morgan fingerprint density at radius 3 is 2.48 bits per heavy atom. The van der Waals surface area contributed by atoms with Crippen LogP contribution < -0.4 is 5.48 Å². The van der Waals surface area contributed by atoms with Gasteiger partial charge in [-0.15, -0.1) is 0 Å². The number of aliphatic hydroxyl groups excluding tert-OH is 4. The molecule has 1 aromatic carbocycles. The molecule has 5 N–H and O–H groups in total. The first-order chi connectivity index (χ1) is 11.0. The Kier molecular flexibility index (Phi) is 6.28. The molecule has 0 spiro atoms. The van der Waals surface area contributed by atoms with Crippen LogP contribution in [0.3, 0.4) is 0 Å². The van der Waals surface area contributed by atoms with Gasteiger partial charge in [-0.1, -0.05) is 30.3 Å². The van der Waals surface area contributed by atoms with Crippen molar-refractivity contribution < 1.29 is 39.5 Å². The molecular weight excluding hydrogens is 310 g/mol. The smallest absolute Gasteiger partial charge is 0.431 e. The molecule has 0 unspecified atom stereocenters. The molecule has 5 atom stereocenters. The number of ether oxygens (including phenoxy) is 2. The number of nitrogens with one attached hydrogen (secondary N) is 1. The highest BCUT2D eigenvalue weighted by Gasteiger charge is 2.44. The van der Waals surface area contributed by atoms with E-state index in [1.807, 2.05) is 11.5 Å². The molecule has 1 aromatic rings. The fraction of sp³-hybridized carbons (Fsp3) is 0.500. The van der Waals surface area contributed by atoms with E-state index in [2.05, 4.69) is 0 Å². The Balaban J connectivity index is 1.79. The number of amides is 1. The topological polar surface area (TPSA) is 138 Å². The number of rotatable bonds is 5. The molecule has 23 heavy (non-hydrogen) atoms. The van der Waals surface area contributed by atoms with Gasteiger partial charge < -0.3 is 29.9 Å². The molecule has 0 aliphatic carbocycles. The minimum absolute atomic E-state index is 0.0186. The second-order valence-corrected chi connectivity index (χ2v) is 4.98. The van der Waals surface area contributed by atoms with Crippen LogP contribution in [0.5, 0.6) is 0 Å². The van der Waals surface area contributed by atoms with E-state index in [-0.39, 0.29) is 6.61 Å². The molecule has 1 aliphatic heterocycles. The van der Waals surface area contributed by atoms with Gasteiger partial charge >= 0.3 is 6.09 Å². The first-order valence-electron chi connectivity index (χ1n) is 6.95. The standard InChI is InChI=1S/C14H19NO8/c16-6-9-10(17)11(18)12(19)13(22-9)23-15-14(20)21-7-8-4-2-1-3-5-8/h1-5,9-13,16-19H,6-7H2,(H,15,20)/t9-,10-,11+,12-,13-/m1/s1. The highest BCUT2D eigenvalue weighted by molar-refractivity contribution is 5.65. The zero-order valence-corrected chi connectivity index (χ0v) is 12.1. The van der Waals surface area contributed by atoms with Gasteiger partial charge in [-0.2, -0.15) is 5.48 Å². The summed E-state index contributed by atoms with van der Waals surface area (Å²) in [6, 6.07) is 8.95.